The second-order valence-corrected chi connectivity index (χ2v) is 9.12. The maximum absolute atomic E-state index is 13.5. The van der Waals surface area contributed by atoms with E-state index < -0.39 is 0 Å². The summed E-state index contributed by atoms with van der Waals surface area (Å²) in [6.07, 6.45) is 1.96. The van der Waals surface area contributed by atoms with Gasteiger partial charge < -0.3 is 4.90 Å². The van der Waals surface area contributed by atoms with Crippen LogP contribution in [0, 0.1) is 5.82 Å². The van der Waals surface area contributed by atoms with Crippen LogP contribution in [0.3, 0.4) is 0 Å². The molecule has 0 unspecified atom stereocenters. The summed E-state index contributed by atoms with van der Waals surface area (Å²) in [6, 6.07) is 27.0. The Labute approximate surface area is 205 Å². The molecule has 0 radical (unpaired) electrons. The molecule has 1 aliphatic rings. The maximum atomic E-state index is 13.5. The third kappa shape index (κ3) is 5.32. The van der Waals surface area contributed by atoms with Crippen molar-refractivity contribution in [2.45, 2.75) is 12.8 Å². The van der Waals surface area contributed by atoms with Crippen molar-refractivity contribution in [3.63, 3.8) is 0 Å². The molecule has 0 bridgehead atoms. The van der Waals surface area contributed by atoms with Crippen LogP contribution in [0.25, 0.3) is 16.9 Å². The Kier molecular flexibility index (Phi) is 6.93. The lowest BCUT2D eigenvalue weighted by atomic mass is 10.1. The molecule has 6 heteroatoms. The van der Waals surface area contributed by atoms with Crippen LogP contribution in [0.2, 0.25) is 5.02 Å². The lowest BCUT2D eigenvalue weighted by molar-refractivity contribution is 0.255. The number of para-hydroxylation sites is 1. The zero-order valence-corrected chi connectivity index (χ0v) is 19.8. The van der Waals surface area contributed by atoms with Gasteiger partial charge in [0.05, 0.1) is 17.1 Å². The highest BCUT2D eigenvalue weighted by molar-refractivity contribution is 6.30. The first-order chi connectivity index (χ1) is 16.7. The fourth-order valence-corrected chi connectivity index (χ4v) is 4.64. The van der Waals surface area contributed by atoms with Crippen molar-refractivity contribution in [1.82, 2.24) is 14.7 Å². The summed E-state index contributed by atoms with van der Waals surface area (Å²) in [5.41, 5.74) is 5.25. The Hall–Kier alpha value is -3.15. The van der Waals surface area contributed by atoms with Gasteiger partial charge >= 0.3 is 0 Å². The van der Waals surface area contributed by atoms with Gasteiger partial charge in [0.2, 0.25) is 0 Å². The van der Waals surface area contributed by atoms with Gasteiger partial charge in [-0.25, -0.2) is 9.07 Å². The number of piperazine rings is 1. The number of nitrogens with zero attached hydrogens (tertiary/aromatic N) is 4. The number of anilines is 1. The summed E-state index contributed by atoms with van der Waals surface area (Å²) in [5.74, 6) is -0.231. The van der Waals surface area contributed by atoms with Crippen molar-refractivity contribution >= 4 is 17.3 Å². The van der Waals surface area contributed by atoms with Crippen LogP contribution in [0.4, 0.5) is 10.1 Å². The van der Waals surface area contributed by atoms with E-state index in [9.17, 15) is 4.39 Å². The first-order valence-corrected chi connectivity index (χ1v) is 12.2. The number of aromatic nitrogens is 2. The molecule has 4 nitrogen and oxygen atoms in total. The van der Waals surface area contributed by atoms with E-state index >= 15 is 0 Å². The van der Waals surface area contributed by atoms with Crippen LogP contribution < -0.4 is 4.90 Å². The summed E-state index contributed by atoms with van der Waals surface area (Å²) >= 11 is 6.02. The molecule has 1 fully saturated rings. The molecular weight excluding hydrogens is 447 g/mol. The molecule has 4 aromatic rings. The molecular formula is C28H28ClFN4. The van der Waals surface area contributed by atoms with Gasteiger partial charge in [-0.1, -0.05) is 29.8 Å². The lowest BCUT2D eigenvalue weighted by Gasteiger charge is -2.36. The molecule has 5 rings (SSSR count). The summed E-state index contributed by atoms with van der Waals surface area (Å²) in [4.78, 5) is 4.95. The normalized spacial score (nSPS) is 14.5. The molecule has 1 aromatic heterocycles. The second kappa shape index (κ2) is 10.4. The molecule has 34 heavy (non-hydrogen) atoms. The van der Waals surface area contributed by atoms with E-state index in [0.29, 0.717) is 0 Å². The molecule has 0 aliphatic carbocycles. The summed E-state index contributed by atoms with van der Waals surface area (Å²) in [5, 5.41) is 5.68. The minimum atomic E-state index is -0.231. The van der Waals surface area contributed by atoms with Crippen LogP contribution in [0.15, 0.2) is 84.9 Å². The highest BCUT2D eigenvalue weighted by Gasteiger charge is 2.17. The van der Waals surface area contributed by atoms with Crippen molar-refractivity contribution in [3.05, 3.63) is 101 Å². The molecule has 0 saturated carbocycles. The fraction of sp³-hybridized carbons (Fsp3) is 0.250. The van der Waals surface area contributed by atoms with E-state index in [1.54, 1.807) is 0 Å². The molecule has 1 saturated heterocycles. The molecule has 2 heterocycles. The van der Waals surface area contributed by atoms with Gasteiger partial charge in [0.15, 0.2) is 0 Å². The van der Waals surface area contributed by atoms with Crippen molar-refractivity contribution in [2.24, 2.45) is 0 Å². The molecule has 3 aromatic carbocycles. The Morgan fingerprint density at radius 2 is 1.50 bits per heavy atom. The molecule has 0 atom stereocenters. The third-order valence-corrected chi connectivity index (χ3v) is 6.62. The number of aryl methyl sites for hydroxylation is 1. The van der Waals surface area contributed by atoms with E-state index in [1.165, 1.54) is 17.8 Å². The zero-order chi connectivity index (χ0) is 23.3. The van der Waals surface area contributed by atoms with Crippen LogP contribution in [0.1, 0.15) is 12.1 Å². The number of hydrogen-bond donors (Lipinski definition) is 0. The standard InChI is InChI=1S/C28H28ClFN4/c29-23-10-14-26(15-11-23)33-19-17-32(18-20-33)16-4-5-25-21-28(22-8-12-24(30)13-9-22)34(31-25)27-6-2-1-3-7-27/h1-3,6-15,21H,4-5,16-20H2. The summed E-state index contributed by atoms with van der Waals surface area (Å²) in [7, 11) is 0. The van der Waals surface area contributed by atoms with E-state index in [0.717, 1.165) is 73.2 Å². The minimum absolute atomic E-state index is 0.231. The largest absolute Gasteiger partial charge is 0.369 e. The Morgan fingerprint density at radius 1 is 0.794 bits per heavy atom. The SMILES string of the molecule is Fc1ccc(-c2cc(CCCN3CCN(c4ccc(Cl)cc4)CC3)nn2-c2ccccc2)cc1. The molecule has 0 amide bonds. The van der Waals surface area contributed by atoms with Crippen LogP contribution in [-0.4, -0.2) is 47.4 Å². The molecule has 174 valence electrons. The highest BCUT2D eigenvalue weighted by atomic mass is 35.5. The van der Waals surface area contributed by atoms with Gasteiger partial charge in [-0.05, 0) is 86.1 Å². The van der Waals surface area contributed by atoms with Crippen LogP contribution in [0.5, 0.6) is 0 Å². The Morgan fingerprint density at radius 3 is 2.21 bits per heavy atom. The highest BCUT2D eigenvalue weighted by Crippen LogP contribution is 2.25. The van der Waals surface area contributed by atoms with Gasteiger partial charge in [0, 0.05) is 42.5 Å². The topological polar surface area (TPSA) is 24.3 Å². The molecule has 0 N–H and O–H groups in total. The predicted octanol–water partition coefficient (Wildman–Crippen LogP) is 6.09. The molecule has 1 aliphatic heterocycles. The number of halogens is 2. The number of hydrogen-bond acceptors (Lipinski definition) is 3. The first kappa shape index (κ1) is 22.6. The van der Waals surface area contributed by atoms with Crippen LogP contribution >= 0.6 is 11.6 Å². The minimum Gasteiger partial charge on any atom is -0.369 e. The van der Waals surface area contributed by atoms with Crippen molar-refractivity contribution < 1.29 is 4.39 Å². The fourth-order valence-electron chi connectivity index (χ4n) is 4.51. The monoisotopic (exact) mass is 474 g/mol. The Bertz CT molecular complexity index is 1200. The van der Waals surface area contributed by atoms with Gasteiger partial charge in [-0.3, -0.25) is 4.90 Å². The summed E-state index contributed by atoms with van der Waals surface area (Å²) < 4.78 is 15.4. The van der Waals surface area contributed by atoms with Crippen molar-refractivity contribution in [2.75, 3.05) is 37.6 Å². The quantitative estimate of drug-likeness (QED) is 0.324. The van der Waals surface area contributed by atoms with Crippen molar-refractivity contribution in [1.29, 1.82) is 0 Å². The molecule has 0 spiro atoms. The van der Waals surface area contributed by atoms with Gasteiger partial charge in [-0.2, -0.15) is 5.10 Å². The first-order valence-electron chi connectivity index (χ1n) is 11.8. The average Bonchev–Trinajstić information content (AvgIpc) is 3.30. The van der Waals surface area contributed by atoms with Crippen molar-refractivity contribution in [3.8, 4) is 16.9 Å². The van der Waals surface area contributed by atoms with E-state index in [2.05, 4.69) is 28.0 Å². The predicted molar refractivity (Wildman–Crippen MR) is 137 cm³/mol. The average molecular weight is 475 g/mol. The van der Waals surface area contributed by atoms with Gasteiger partial charge in [0.1, 0.15) is 5.82 Å². The number of rotatable bonds is 7. The van der Waals surface area contributed by atoms with Gasteiger partial charge in [0.25, 0.3) is 0 Å². The second-order valence-electron chi connectivity index (χ2n) is 8.68. The van der Waals surface area contributed by atoms with Crippen LogP contribution in [-0.2, 0) is 6.42 Å². The van der Waals surface area contributed by atoms with E-state index in [-0.39, 0.29) is 5.82 Å². The third-order valence-electron chi connectivity index (χ3n) is 6.37. The summed E-state index contributed by atoms with van der Waals surface area (Å²) in [6.45, 7) is 5.22. The Balaban J connectivity index is 1.21. The maximum Gasteiger partial charge on any atom is 0.123 e. The lowest BCUT2D eigenvalue weighted by Crippen LogP contribution is -2.46. The van der Waals surface area contributed by atoms with E-state index in [4.69, 9.17) is 16.7 Å². The van der Waals surface area contributed by atoms with Gasteiger partial charge in [-0.15, -0.1) is 0 Å². The zero-order valence-electron chi connectivity index (χ0n) is 19.1. The van der Waals surface area contributed by atoms with E-state index in [1.807, 2.05) is 59.3 Å². The smallest absolute Gasteiger partial charge is 0.123 e. The number of benzene rings is 3.